The van der Waals surface area contributed by atoms with Gasteiger partial charge in [-0.25, -0.2) is 0 Å². The first-order valence-corrected chi connectivity index (χ1v) is 6.63. The summed E-state index contributed by atoms with van der Waals surface area (Å²) in [6.45, 7) is 6.24. The molecule has 4 heteroatoms. The van der Waals surface area contributed by atoms with Crippen molar-refractivity contribution in [1.29, 1.82) is 0 Å². The Morgan fingerprint density at radius 3 is 2.84 bits per heavy atom. The minimum Gasteiger partial charge on any atom is -0.496 e. The van der Waals surface area contributed by atoms with Crippen LogP contribution >= 0.6 is 0 Å². The third-order valence-electron chi connectivity index (χ3n) is 3.99. The predicted molar refractivity (Wildman–Crippen MR) is 75.4 cm³/mol. The number of carbonyl (C=O) groups is 1. The van der Waals surface area contributed by atoms with E-state index in [1.54, 1.807) is 7.11 Å². The van der Waals surface area contributed by atoms with Gasteiger partial charge in [-0.15, -0.1) is 0 Å². The van der Waals surface area contributed by atoms with Crippen molar-refractivity contribution in [2.24, 2.45) is 11.1 Å². The molecular weight excluding hydrogens is 240 g/mol. The second-order valence-electron chi connectivity index (χ2n) is 5.68. The van der Waals surface area contributed by atoms with E-state index in [4.69, 9.17) is 10.5 Å². The van der Waals surface area contributed by atoms with Gasteiger partial charge in [0, 0.05) is 18.7 Å². The van der Waals surface area contributed by atoms with Gasteiger partial charge >= 0.3 is 0 Å². The lowest BCUT2D eigenvalue weighted by atomic mass is 9.90. The van der Waals surface area contributed by atoms with E-state index >= 15 is 0 Å². The Balaban J connectivity index is 2.17. The van der Waals surface area contributed by atoms with Gasteiger partial charge in [-0.1, -0.05) is 13.0 Å². The number of ether oxygens (including phenoxy) is 1. The fraction of sp³-hybridized carbons (Fsp3) is 0.533. The summed E-state index contributed by atoms with van der Waals surface area (Å²) in [6, 6.07) is 5.60. The minimum atomic E-state index is 0.0600. The molecule has 0 aromatic heterocycles. The maximum atomic E-state index is 12.5. The number of amides is 1. The quantitative estimate of drug-likeness (QED) is 0.904. The van der Waals surface area contributed by atoms with Crippen molar-refractivity contribution < 1.29 is 9.53 Å². The van der Waals surface area contributed by atoms with Gasteiger partial charge in [0.25, 0.3) is 5.91 Å². The molecule has 1 aliphatic rings. The number of aryl methyl sites for hydroxylation is 1. The van der Waals surface area contributed by atoms with E-state index in [0.717, 1.165) is 30.8 Å². The van der Waals surface area contributed by atoms with E-state index in [2.05, 4.69) is 6.92 Å². The van der Waals surface area contributed by atoms with Crippen molar-refractivity contribution >= 4 is 5.91 Å². The van der Waals surface area contributed by atoms with Crippen molar-refractivity contribution in [1.82, 2.24) is 4.90 Å². The summed E-state index contributed by atoms with van der Waals surface area (Å²) in [7, 11) is 1.62. The van der Waals surface area contributed by atoms with Crippen molar-refractivity contribution in [3.63, 3.8) is 0 Å². The molecule has 104 valence electrons. The van der Waals surface area contributed by atoms with Gasteiger partial charge in [-0.3, -0.25) is 4.79 Å². The van der Waals surface area contributed by atoms with Crippen LogP contribution in [0.25, 0.3) is 0 Å². The number of nitrogens with two attached hydrogens (primary N) is 1. The highest BCUT2D eigenvalue weighted by molar-refractivity contribution is 5.95. The molecule has 1 aromatic carbocycles. The summed E-state index contributed by atoms with van der Waals surface area (Å²) in [6.07, 6.45) is 0.970. The Morgan fingerprint density at radius 1 is 1.53 bits per heavy atom. The second-order valence-corrected chi connectivity index (χ2v) is 5.68. The third kappa shape index (κ3) is 2.73. The van der Waals surface area contributed by atoms with Gasteiger partial charge in [0.15, 0.2) is 0 Å². The van der Waals surface area contributed by atoms with Crippen LogP contribution in [0.1, 0.15) is 29.3 Å². The number of likely N-dealkylation sites (tertiary alicyclic amines) is 1. The molecule has 1 aliphatic heterocycles. The first-order valence-electron chi connectivity index (χ1n) is 6.63. The highest BCUT2D eigenvalue weighted by atomic mass is 16.5. The molecule has 0 saturated carbocycles. The number of rotatable bonds is 3. The van der Waals surface area contributed by atoms with Crippen molar-refractivity contribution in [2.45, 2.75) is 20.3 Å². The zero-order valence-corrected chi connectivity index (χ0v) is 11.9. The predicted octanol–water partition coefficient (Wildman–Crippen LogP) is 1.81. The maximum Gasteiger partial charge on any atom is 0.254 e. The van der Waals surface area contributed by atoms with Crippen molar-refractivity contribution in [3.05, 3.63) is 29.3 Å². The van der Waals surface area contributed by atoms with E-state index in [0.29, 0.717) is 12.1 Å². The lowest BCUT2D eigenvalue weighted by Crippen LogP contribution is -2.34. The Hall–Kier alpha value is -1.55. The van der Waals surface area contributed by atoms with Crippen molar-refractivity contribution in [2.75, 3.05) is 26.7 Å². The molecule has 0 bridgehead atoms. The standard InChI is InChI=1S/C15H22N2O2/c1-11-4-5-12(8-13(11)19-3)14(18)17-7-6-15(2,9-16)10-17/h4-5,8H,6-7,9-10,16H2,1-3H3. The van der Waals surface area contributed by atoms with E-state index < -0.39 is 0 Å². The van der Waals surface area contributed by atoms with Crippen LogP contribution in [0.3, 0.4) is 0 Å². The summed E-state index contributed by atoms with van der Waals surface area (Å²) in [4.78, 5) is 14.3. The normalized spacial score (nSPS) is 22.6. The number of hydrogen-bond acceptors (Lipinski definition) is 3. The lowest BCUT2D eigenvalue weighted by Gasteiger charge is -2.22. The van der Waals surface area contributed by atoms with Crippen LogP contribution in [0, 0.1) is 12.3 Å². The molecule has 2 rings (SSSR count). The molecule has 19 heavy (non-hydrogen) atoms. The number of carbonyl (C=O) groups excluding carboxylic acids is 1. The summed E-state index contributed by atoms with van der Waals surface area (Å²) in [5.74, 6) is 0.821. The lowest BCUT2D eigenvalue weighted by molar-refractivity contribution is 0.0776. The Bertz CT molecular complexity index is 487. The number of methoxy groups -OCH3 is 1. The van der Waals surface area contributed by atoms with Gasteiger partial charge < -0.3 is 15.4 Å². The second kappa shape index (κ2) is 5.21. The monoisotopic (exact) mass is 262 g/mol. The van der Waals surface area contributed by atoms with Gasteiger partial charge in [0.2, 0.25) is 0 Å². The van der Waals surface area contributed by atoms with Gasteiger partial charge in [0.05, 0.1) is 7.11 Å². The molecule has 0 aliphatic carbocycles. The highest BCUT2D eigenvalue weighted by Gasteiger charge is 2.35. The average molecular weight is 262 g/mol. The molecule has 4 nitrogen and oxygen atoms in total. The summed E-state index contributed by atoms with van der Waals surface area (Å²) in [5, 5.41) is 0. The molecule has 1 heterocycles. The van der Waals surface area contributed by atoms with Crippen LogP contribution in [-0.4, -0.2) is 37.6 Å². The first kappa shape index (κ1) is 13.9. The van der Waals surface area contributed by atoms with E-state index in [9.17, 15) is 4.79 Å². The summed E-state index contributed by atoms with van der Waals surface area (Å²) < 4.78 is 5.27. The zero-order valence-electron chi connectivity index (χ0n) is 11.9. The Morgan fingerprint density at radius 2 is 2.26 bits per heavy atom. The van der Waals surface area contributed by atoms with Gasteiger partial charge in [-0.05, 0) is 43.0 Å². The van der Waals surface area contributed by atoms with Gasteiger partial charge in [-0.2, -0.15) is 0 Å². The smallest absolute Gasteiger partial charge is 0.254 e. The highest BCUT2D eigenvalue weighted by Crippen LogP contribution is 2.30. The number of hydrogen-bond donors (Lipinski definition) is 1. The molecule has 0 spiro atoms. The largest absolute Gasteiger partial charge is 0.496 e. The molecule has 1 fully saturated rings. The van der Waals surface area contributed by atoms with Crippen LogP contribution in [0.2, 0.25) is 0 Å². The molecule has 1 saturated heterocycles. The number of benzene rings is 1. The summed E-state index contributed by atoms with van der Waals surface area (Å²) in [5.41, 5.74) is 7.56. The average Bonchev–Trinajstić information content (AvgIpc) is 2.82. The molecule has 0 radical (unpaired) electrons. The molecular formula is C15H22N2O2. The minimum absolute atomic E-state index is 0.0600. The Labute approximate surface area is 114 Å². The van der Waals surface area contributed by atoms with Crippen LogP contribution in [0.15, 0.2) is 18.2 Å². The number of nitrogens with zero attached hydrogens (tertiary/aromatic N) is 1. The maximum absolute atomic E-state index is 12.5. The van der Waals surface area contributed by atoms with Crippen LogP contribution < -0.4 is 10.5 Å². The molecule has 2 N–H and O–H groups in total. The molecule has 1 aromatic rings. The van der Waals surface area contributed by atoms with E-state index in [1.807, 2.05) is 30.0 Å². The van der Waals surface area contributed by atoms with Crippen LogP contribution in [0.5, 0.6) is 5.75 Å². The topological polar surface area (TPSA) is 55.6 Å². The van der Waals surface area contributed by atoms with Gasteiger partial charge in [0.1, 0.15) is 5.75 Å². The molecule has 1 amide bonds. The first-order chi connectivity index (χ1) is 8.99. The zero-order chi connectivity index (χ0) is 14.0. The van der Waals surface area contributed by atoms with E-state index in [-0.39, 0.29) is 11.3 Å². The van der Waals surface area contributed by atoms with Crippen molar-refractivity contribution in [3.8, 4) is 5.75 Å². The summed E-state index contributed by atoms with van der Waals surface area (Å²) >= 11 is 0. The SMILES string of the molecule is COc1cc(C(=O)N2CCC(C)(CN)C2)ccc1C. The molecule has 1 atom stereocenters. The van der Waals surface area contributed by atoms with E-state index in [1.165, 1.54) is 0 Å². The Kier molecular flexibility index (Phi) is 3.80. The third-order valence-corrected chi connectivity index (χ3v) is 3.99. The molecule has 1 unspecified atom stereocenters. The van der Waals surface area contributed by atoms with Crippen LogP contribution in [0.4, 0.5) is 0 Å². The fourth-order valence-corrected chi connectivity index (χ4v) is 2.50. The van der Waals surface area contributed by atoms with Crippen LogP contribution in [-0.2, 0) is 0 Å². The fourth-order valence-electron chi connectivity index (χ4n) is 2.50.